The van der Waals surface area contributed by atoms with Gasteiger partial charge in [0, 0.05) is 27.8 Å². The Bertz CT molecular complexity index is 758. The molecule has 3 rings (SSSR count). The fraction of sp³-hybridized carbons (Fsp3) is 0.143. The van der Waals surface area contributed by atoms with Gasteiger partial charge >= 0.3 is 0 Å². The van der Waals surface area contributed by atoms with Crippen molar-refractivity contribution in [2.24, 2.45) is 0 Å². The minimum Gasteiger partial charge on any atom is -0.469 e. The zero-order valence-electron chi connectivity index (χ0n) is 10.7. The van der Waals surface area contributed by atoms with Crippen LogP contribution in [0.4, 0.5) is 4.39 Å². The number of nitrogens with one attached hydrogen (secondary N) is 1. The molecule has 3 aromatic heterocycles. The van der Waals surface area contributed by atoms with Gasteiger partial charge in [-0.15, -0.1) is 0 Å². The third-order valence-electron chi connectivity index (χ3n) is 3.00. The van der Waals surface area contributed by atoms with E-state index < -0.39 is 5.82 Å². The van der Waals surface area contributed by atoms with Crippen LogP contribution in [0.5, 0.6) is 5.88 Å². The van der Waals surface area contributed by atoms with E-state index in [2.05, 4.69) is 30.9 Å². The van der Waals surface area contributed by atoms with Crippen LogP contribution in [0.3, 0.4) is 0 Å². The lowest BCUT2D eigenvalue weighted by Crippen LogP contribution is -2.03. The standard InChI is InChI=1S/C14H11BrFN3O/c1-8-11-10(15)6-18-13(11)19-14(12(8)16)20-7-9-4-2-3-5-17-9/h2-6H,7H2,1H3,(H,18,19). The summed E-state index contributed by atoms with van der Waals surface area (Å²) >= 11 is 3.36. The van der Waals surface area contributed by atoms with Crippen LogP contribution in [0.15, 0.2) is 35.1 Å². The molecule has 4 nitrogen and oxygen atoms in total. The van der Waals surface area contributed by atoms with Crippen molar-refractivity contribution in [1.82, 2.24) is 15.0 Å². The number of fused-ring (bicyclic) bond motifs is 1. The Hall–Kier alpha value is -1.95. The fourth-order valence-corrected chi connectivity index (χ4v) is 2.58. The second-order valence-corrected chi connectivity index (χ2v) is 5.18. The molecule has 102 valence electrons. The van der Waals surface area contributed by atoms with Gasteiger partial charge in [-0.2, -0.15) is 4.98 Å². The van der Waals surface area contributed by atoms with Gasteiger partial charge < -0.3 is 9.72 Å². The summed E-state index contributed by atoms with van der Waals surface area (Å²) in [5, 5.41) is 0.729. The van der Waals surface area contributed by atoms with Gasteiger partial charge in [-0.05, 0) is 35.0 Å². The first-order valence-corrected chi connectivity index (χ1v) is 6.81. The van der Waals surface area contributed by atoms with Crippen LogP contribution < -0.4 is 4.74 Å². The molecule has 0 atom stereocenters. The Morgan fingerprint density at radius 2 is 2.25 bits per heavy atom. The molecule has 0 bridgehead atoms. The molecule has 0 amide bonds. The monoisotopic (exact) mass is 335 g/mol. The maximum Gasteiger partial charge on any atom is 0.253 e. The van der Waals surface area contributed by atoms with Crippen molar-refractivity contribution >= 4 is 27.0 Å². The number of hydrogen-bond acceptors (Lipinski definition) is 3. The molecule has 1 N–H and O–H groups in total. The number of ether oxygens (including phenoxy) is 1. The normalized spacial score (nSPS) is 10.9. The van der Waals surface area contributed by atoms with E-state index in [0.29, 0.717) is 11.2 Å². The molecule has 6 heteroatoms. The molecule has 0 unspecified atom stereocenters. The summed E-state index contributed by atoms with van der Waals surface area (Å²) in [4.78, 5) is 11.3. The average Bonchev–Trinajstić information content (AvgIpc) is 2.84. The van der Waals surface area contributed by atoms with E-state index in [-0.39, 0.29) is 12.5 Å². The van der Waals surface area contributed by atoms with E-state index in [1.165, 1.54) is 0 Å². The predicted molar refractivity (Wildman–Crippen MR) is 77.1 cm³/mol. The molecule has 3 aromatic rings. The Labute approximate surface area is 123 Å². The number of H-pyrrole nitrogens is 1. The molecule has 0 aliphatic rings. The van der Waals surface area contributed by atoms with Crippen LogP contribution in [0.25, 0.3) is 11.0 Å². The highest BCUT2D eigenvalue weighted by molar-refractivity contribution is 9.10. The molecule has 0 saturated carbocycles. The van der Waals surface area contributed by atoms with Crippen molar-refractivity contribution < 1.29 is 9.13 Å². The summed E-state index contributed by atoms with van der Waals surface area (Å²) in [5.74, 6) is -0.469. The van der Waals surface area contributed by atoms with E-state index in [0.717, 1.165) is 15.6 Å². The summed E-state index contributed by atoms with van der Waals surface area (Å²) in [6, 6.07) is 5.48. The minimum absolute atomic E-state index is 0.0185. The maximum atomic E-state index is 14.2. The Kier molecular flexibility index (Phi) is 3.40. The zero-order chi connectivity index (χ0) is 14.1. The summed E-state index contributed by atoms with van der Waals surface area (Å²) < 4.78 is 20.5. The number of rotatable bonds is 3. The molecule has 0 aliphatic carbocycles. The van der Waals surface area contributed by atoms with Crippen molar-refractivity contribution in [2.75, 3.05) is 0 Å². The van der Waals surface area contributed by atoms with E-state index in [1.807, 2.05) is 18.2 Å². The first kappa shape index (κ1) is 13.1. The smallest absolute Gasteiger partial charge is 0.253 e. The van der Waals surface area contributed by atoms with Crippen LogP contribution in [-0.2, 0) is 6.61 Å². The highest BCUT2D eigenvalue weighted by atomic mass is 79.9. The number of nitrogens with zero attached hydrogens (tertiary/aromatic N) is 2. The molecule has 0 spiro atoms. The van der Waals surface area contributed by atoms with Gasteiger partial charge in [0.05, 0.1) is 5.69 Å². The maximum absolute atomic E-state index is 14.2. The van der Waals surface area contributed by atoms with Crippen LogP contribution in [0.1, 0.15) is 11.3 Å². The van der Waals surface area contributed by atoms with Crippen LogP contribution in [-0.4, -0.2) is 15.0 Å². The number of hydrogen-bond donors (Lipinski definition) is 1. The zero-order valence-corrected chi connectivity index (χ0v) is 12.2. The lowest BCUT2D eigenvalue weighted by Gasteiger charge is -2.08. The molecule has 0 aliphatic heterocycles. The quantitative estimate of drug-likeness (QED) is 0.793. The number of pyridine rings is 2. The summed E-state index contributed by atoms with van der Waals surface area (Å²) in [5.41, 5.74) is 1.81. The molecular formula is C14H11BrFN3O. The molecule has 0 saturated heterocycles. The van der Waals surface area contributed by atoms with Crippen LogP contribution in [0.2, 0.25) is 0 Å². The lowest BCUT2D eigenvalue weighted by molar-refractivity contribution is 0.273. The van der Waals surface area contributed by atoms with Crippen molar-refractivity contribution in [3.63, 3.8) is 0 Å². The topological polar surface area (TPSA) is 50.8 Å². The number of halogens is 2. The van der Waals surface area contributed by atoms with E-state index in [9.17, 15) is 4.39 Å². The minimum atomic E-state index is -0.450. The van der Waals surface area contributed by atoms with Gasteiger partial charge in [0.1, 0.15) is 12.3 Å². The lowest BCUT2D eigenvalue weighted by atomic mass is 10.2. The predicted octanol–water partition coefficient (Wildman–Crippen LogP) is 3.75. The summed E-state index contributed by atoms with van der Waals surface area (Å²) in [6.45, 7) is 1.88. The molecule has 20 heavy (non-hydrogen) atoms. The van der Waals surface area contributed by atoms with Crippen LogP contribution in [0, 0.1) is 12.7 Å². The van der Waals surface area contributed by atoms with Crippen molar-refractivity contribution in [1.29, 1.82) is 0 Å². The first-order chi connectivity index (χ1) is 9.66. The third kappa shape index (κ3) is 2.27. The SMILES string of the molecule is Cc1c(F)c(OCc2ccccn2)nc2[nH]cc(Br)c12. The number of aromatic nitrogens is 3. The molecular weight excluding hydrogens is 325 g/mol. The first-order valence-electron chi connectivity index (χ1n) is 6.02. The molecule has 0 aromatic carbocycles. The second kappa shape index (κ2) is 5.20. The van der Waals surface area contributed by atoms with Gasteiger partial charge in [0.2, 0.25) is 0 Å². The summed E-state index contributed by atoms with van der Waals surface area (Å²) in [7, 11) is 0. The fourth-order valence-electron chi connectivity index (χ4n) is 1.98. The van der Waals surface area contributed by atoms with Gasteiger partial charge in [0.25, 0.3) is 5.88 Å². The van der Waals surface area contributed by atoms with Gasteiger partial charge in [-0.3, -0.25) is 4.98 Å². The highest BCUT2D eigenvalue weighted by Crippen LogP contribution is 2.31. The Balaban J connectivity index is 1.94. The van der Waals surface area contributed by atoms with Gasteiger partial charge in [-0.1, -0.05) is 6.07 Å². The largest absolute Gasteiger partial charge is 0.469 e. The van der Waals surface area contributed by atoms with Crippen LogP contribution >= 0.6 is 15.9 Å². The Morgan fingerprint density at radius 1 is 1.40 bits per heavy atom. The third-order valence-corrected chi connectivity index (χ3v) is 3.62. The number of aromatic amines is 1. The van der Waals surface area contributed by atoms with Crippen molar-refractivity contribution in [2.45, 2.75) is 13.5 Å². The van der Waals surface area contributed by atoms with E-state index in [1.54, 1.807) is 19.3 Å². The van der Waals surface area contributed by atoms with Crippen molar-refractivity contribution in [3.05, 3.63) is 52.1 Å². The molecule has 0 fully saturated rings. The van der Waals surface area contributed by atoms with Crippen molar-refractivity contribution in [3.8, 4) is 5.88 Å². The highest BCUT2D eigenvalue weighted by Gasteiger charge is 2.16. The van der Waals surface area contributed by atoms with Gasteiger partial charge in [-0.25, -0.2) is 4.39 Å². The average molecular weight is 336 g/mol. The number of aryl methyl sites for hydroxylation is 1. The molecule has 3 heterocycles. The summed E-state index contributed by atoms with van der Waals surface area (Å²) in [6.07, 6.45) is 3.39. The van der Waals surface area contributed by atoms with E-state index in [4.69, 9.17) is 4.74 Å². The second-order valence-electron chi connectivity index (χ2n) is 4.33. The Morgan fingerprint density at radius 3 is 3.00 bits per heavy atom. The molecule has 0 radical (unpaired) electrons. The van der Waals surface area contributed by atoms with Gasteiger partial charge in [0.15, 0.2) is 5.82 Å². The van der Waals surface area contributed by atoms with E-state index >= 15 is 0 Å².